The Hall–Kier alpha value is -2.56. The molecule has 5 heteroatoms. The molecule has 1 heterocycles. The van der Waals surface area contributed by atoms with Crippen molar-refractivity contribution in [3.8, 4) is 5.75 Å². The van der Waals surface area contributed by atoms with E-state index in [4.69, 9.17) is 10.5 Å². The Balaban J connectivity index is 1.78. The van der Waals surface area contributed by atoms with Gasteiger partial charge in [0.25, 0.3) is 0 Å². The Morgan fingerprint density at radius 1 is 1.10 bits per heavy atom. The van der Waals surface area contributed by atoms with Crippen molar-refractivity contribution in [2.24, 2.45) is 0 Å². The molecule has 0 aliphatic carbocycles. The summed E-state index contributed by atoms with van der Waals surface area (Å²) in [5, 5.41) is 0. The number of halogens is 1. The number of fused-ring (bicyclic) bond motifs is 1. The number of hydrogen-bond acceptors (Lipinski definition) is 3. The minimum absolute atomic E-state index is 0.293. The smallest absolute Gasteiger partial charge is 0.201 e. The Labute approximate surface area is 115 Å². The molecule has 0 aliphatic heterocycles. The lowest BCUT2D eigenvalue weighted by atomic mass is 10.3. The zero-order chi connectivity index (χ0) is 13.9. The fourth-order valence-electron chi connectivity index (χ4n) is 2.14. The van der Waals surface area contributed by atoms with E-state index in [0.717, 1.165) is 5.75 Å². The van der Waals surface area contributed by atoms with Crippen LogP contribution in [0.2, 0.25) is 0 Å². The SMILES string of the molecule is Nc1nc2c(F)cccc2n1CCOc1ccccc1. The second-order valence-electron chi connectivity index (χ2n) is 4.39. The van der Waals surface area contributed by atoms with E-state index < -0.39 is 0 Å². The zero-order valence-electron chi connectivity index (χ0n) is 10.8. The Morgan fingerprint density at radius 2 is 1.90 bits per heavy atom. The zero-order valence-corrected chi connectivity index (χ0v) is 10.8. The van der Waals surface area contributed by atoms with Crippen LogP contribution in [0.5, 0.6) is 5.75 Å². The van der Waals surface area contributed by atoms with Crippen LogP contribution in [0.1, 0.15) is 0 Å². The minimum atomic E-state index is -0.364. The van der Waals surface area contributed by atoms with Crippen LogP contribution in [0.4, 0.5) is 10.3 Å². The Morgan fingerprint density at radius 3 is 2.70 bits per heavy atom. The average Bonchev–Trinajstić information content (AvgIpc) is 2.78. The number of ether oxygens (including phenoxy) is 1. The van der Waals surface area contributed by atoms with Crippen LogP contribution in [0.3, 0.4) is 0 Å². The summed E-state index contributed by atoms with van der Waals surface area (Å²) in [5.41, 5.74) is 6.81. The molecule has 4 nitrogen and oxygen atoms in total. The third kappa shape index (κ3) is 2.30. The molecule has 0 fully saturated rings. The number of nitrogens with zero attached hydrogens (tertiary/aromatic N) is 2. The summed E-state index contributed by atoms with van der Waals surface area (Å²) in [6, 6.07) is 14.3. The maximum Gasteiger partial charge on any atom is 0.201 e. The third-order valence-electron chi connectivity index (χ3n) is 3.09. The molecule has 0 aliphatic rings. The molecule has 0 spiro atoms. The fourth-order valence-corrected chi connectivity index (χ4v) is 2.14. The number of para-hydroxylation sites is 2. The molecule has 0 saturated carbocycles. The van der Waals surface area contributed by atoms with Gasteiger partial charge in [0.15, 0.2) is 5.82 Å². The monoisotopic (exact) mass is 271 g/mol. The summed E-state index contributed by atoms with van der Waals surface area (Å²) < 4.78 is 21.0. The van der Waals surface area contributed by atoms with E-state index in [-0.39, 0.29) is 5.82 Å². The molecule has 0 saturated heterocycles. The van der Waals surface area contributed by atoms with Gasteiger partial charge in [-0.15, -0.1) is 0 Å². The van der Waals surface area contributed by atoms with Gasteiger partial charge in [0.1, 0.15) is 17.9 Å². The molecule has 0 atom stereocenters. The highest BCUT2D eigenvalue weighted by Crippen LogP contribution is 2.20. The Bertz CT molecular complexity index is 725. The van der Waals surface area contributed by atoms with Gasteiger partial charge in [-0.05, 0) is 24.3 Å². The van der Waals surface area contributed by atoms with Crippen LogP contribution < -0.4 is 10.5 Å². The van der Waals surface area contributed by atoms with Gasteiger partial charge in [-0.1, -0.05) is 24.3 Å². The van der Waals surface area contributed by atoms with Crippen LogP contribution in [-0.2, 0) is 6.54 Å². The first-order chi connectivity index (χ1) is 9.75. The highest BCUT2D eigenvalue weighted by atomic mass is 19.1. The minimum Gasteiger partial charge on any atom is -0.492 e. The molecule has 2 N–H and O–H groups in total. The molecule has 3 aromatic rings. The molecule has 3 rings (SSSR count). The lowest BCUT2D eigenvalue weighted by Gasteiger charge is -2.08. The van der Waals surface area contributed by atoms with E-state index >= 15 is 0 Å². The number of benzene rings is 2. The first-order valence-electron chi connectivity index (χ1n) is 6.34. The number of anilines is 1. The van der Waals surface area contributed by atoms with Gasteiger partial charge in [-0.25, -0.2) is 9.37 Å². The summed E-state index contributed by atoms with van der Waals surface area (Å²) in [6.45, 7) is 0.955. The van der Waals surface area contributed by atoms with Crippen LogP contribution in [0, 0.1) is 5.82 Å². The topological polar surface area (TPSA) is 53.1 Å². The standard InChI is InChI=1S/C15H14FN3O/c16-12-7-4-8-13-14(12)18-15(17)19(13)9-10-20-11-5-2-1-3-6-11/h1-8H,9-10H2,(H2,17,18). The molecule has 1 aromatic heterocycles. The highest BCUT2D eigenvalue weighted by molar-refractivity contribution is 5.78. The summed E-state index contributed by atoms with van der Waals surface area (Å²) in [5.74, 6) is 0.723. The van der Waals surface area contributed by atoms with Crippen molar-refractivity contribution in [1.82, 2.24) is 9.55 Å². The van der Waals surface area contributed by atoms with Crippen molar-refractivity contribution < 1.29 is 9.13 Å². The maximum absolute atomic E-state index is 13.6. The molecule has 0 unspecified atom stereocenters. The molecular formula is C15H14FN3O. The van der Waals surface area contributed by atoms with E-state index in [1.54, 1.807) is 16.7 Å². The van der Waals surface area contributed by atoms with E-state index in [1.807, 2.05) is 30.3 Å². The second-order valence-corrected chi connectivity index (χ2v) is 4.39. The van der Waals surface area contributed by atoms with E-state index in [2.05, 4.69) is 4.98 Å². The van der Waals surface area contributed by atoms with Crippen molar-refractivity contribution in [3.63, 3.8) is 0 Å². The van der Waals surface area contributed by atoms with Gasteiger partial charge < -0.3 is 15.0 Å². The highest BCUT2D eigenvalue weighted by Gasteiger charge is 2.11. The van der Waals surface area contributed by atoms with Gasteiger partial charge in [-0.2, -0.15) is 0 Å². The van der Waals surface area contributed by atoms with Crippen LogP contribution in [0.15, 0.2) is 48.5 Å². The normalized spacial score (nSPS) is 10.8. The second kappa shape index (κ2) is 5.21. The van der Waals surface area contributed by atoms with Gasteiger partial charge in [0.05, 0.1) is 12.1 Å². The summed E-state index contributed by atoms with van der Waals surface area (Å²) in [6.07, 6.45) is 0. The average molecular weight is 271 g/mol. The van der Waals surface area contributed by atoms with E-state index in [9.17, 15) is 4.39 Å². The number of rotatable bonds is 4. The number of nitrogen functional groups attached to an aromatic ring is 1. The van der Waals surface area contributed by atoms with E-state index in [0.29, 0.717) is 30.1 Å². The van der Waals surface area contributed by atoms with Gasteiger partial charge in [0.2, 0.25) is 5.95 Å². The van der Waals surface area contributed by atoms with Gasteiger partial charge >= 0.3 is 0 Å². The van der Waals surface area contributed by atoms with Gasteiger partial charge in [0, 0.05) is 0 Å². The predicted molar refractivity (Wildman–Crippen MR) is 76.0 cm³/mol. The molecule has 20 heavy (non-hydrogen) atoms. The van der Waals surface area contributed by atoms with Crippen LogP contribution in [0.25, 0.3) is 11.0 Å². The fraction of sp³-hybridized carbons (Fsp3) is 0.133. The largest absolute Gasteiger partial charge is 0.492 e. The van der Waals surface area contributed by atoms with Crippen molar-refractivity contribution in [2.75, 3.05) is 12.3 Å². The summed E-state index contributed by atoms with van der Waals surface area (Å²) >= 11 is 0. The van der Waals surface area contributed by atoms with E-state index in [1.165, 1.54) is 6.07 Å². The number of aromatic nitrogens is 2. The summed E-state index contributed by atoms with van der Waals surface area (Å²) in [7, 11) is 0. The number of imidazole rings is 1. The Kier molecular flexibility index (Phi) is 3.25. The van der Waals surface area contributed by atoms with Crippen molar-refractivity contribution in [1.29, 1.82) is 0 Å². The molecule has 0 amide bonds. The first-order valence-corrected chi connectivity index (χ1v) is 6.34. The predicted octanol–water partition coefficient (Wildman–Crippen LogP) is 2.84. The maximum atomic E-state index is 13.6. The quantitative estimate of drug-likeness (QED) is 0.793. The lowest BCUT2D eigenvalue weighted by molar-refractivity contribution is 0.301. The number of hydrogen-bond donors (Lipinski definition) is 1. The van der Waals surface area contributed by atoms with Crippen LogP contribution >= 0.6 is 0 Å². The molecule has 102 valence electrons. The summed E-state index contributed by atoms with van der Waals surface area (Å²) in [4.78, 5) is 4.05. The number of nitrogens with two attached hydrogens (primary N) is 1. The van der Waals surface area contributed by atoms with Crippen molar-refractivity contribution in [3.05, 3.63) is 54.3 Å². The lowest BCUT2D eigenvalue weighted by Crippen LogP contribution is -2.10. The molecule has 0 radical (unpaired) electrons. The van der Waals surface area contributed by atoms with Crippen molar-refractivity contribution >= 4 is 17.0 Å². The van der Waals surface area contributed by atoms with Crippen LogP contribution in [-0.4, -0.2) is 16.2 Å². The first kappa shape index (κ1) is 12.5. The van der Waals surface area contributed by atoms with Gasteiger partial charge in [-0.3, -0.25) is 0 Å². The van der Waals surface area contributed by atoms with Crippen molar-refractivity contribution in [2.45, 2.75) is 6.54 Å². The third-order valence-corrected chi connectivity index (χ3v) is 3.09. The molecular weight excluding hydrogens is 257 g/mol. The molecule has 0 bridgehead atoms. The molecule has 2 aromatic carbocycles.